The van der Waals surface area contributed by atoms with Crippen LogP contribution in [-0.2, 0) is 11.2 Å². The van der Waals surface area contributed by atoms with Crippen LogP contribution in [0.15, 0.2) is 120 Å². The molecule has 0 fully saturated rings. The largest absolute Gasteiger partial charge is 0.480 e. The number of rotatable bonds is 5. The number of aromatic nitrogens is 3. The van der Waals surface area contributed by atoms with Crippen molar-refractivity contribution >= 4 is 67.2 Å². The number of carboxylic acids is 2. The number of nitrogens with two attached hydrogens (primary N) is 1. The van der Waals surface area contributed by atoms with E-state index in [9.17, 15) is 19.2 Å². The molecule has 0 spiro atoms. The highest BCUT2D eigenvalue weighted by Crippen LogP contribution is 2.32. The molecule has 0 bridgehead atoms. The summed E-state index contributed by atoms with van der Waals surface area (Å²) in [5.74, 6) is -2.05. The van der Waals surface area contributed by atoms with E-state index >= 15 is 0 Å². The van der Waals surface area contributed by atoms with E-state index in [0.717, 1.165) is 49.2 Å². The van der Waals surface area contributed by atoms with Crippen LogP contribution >= 0.6 is 0 Å². The van der Waals surface area contributed by atoms with Crippen LogP contribution in [0, 0.1) is 0 Å². The Balaban J connectivity index is 0.000000131. The summed E-state index contributed by atoms with van der Waals surface area (Å²) < 4.78 is 1.80. The van der Waals surface area contributed by atoms with E-state index in [1.807, 2.05) is 85.2 Å². The Morgan fingerprint density at radius 1 is 0.809 bits per heavy atom. The summed E-state index contributed by atoms with van der Waals surface area (Å²) in [6, 6.07) is 30.7. The first-order valence-corrected chi connectivity index (χ1v) is 14.6. The minimum atomic E-state index is -1.08. The highest BCUT2D eigenvalue weighted by atomic mass is 16.4. The Labute approximate surface area is 266 Å². The second-order valence-corrected chi connectivity index (χ2v) is 10.8. The van der Waals surface area contributed by atoms with Crippen molar-refractivity contribution in [2.24, 2.45) is 5.73 Å². The van der Waals surface area contributed by atoms with Crippen LogP contribution in [0.3, 0.4) is 0 Å². The maximum atomic E-state index is 12.9. The number of aromatic carboxylic acids is 1. The lowest BCUT2D eigenvalue weighted by molar-refractivity contribution is -0.138. The quantitative estimate of drug-likeness (QED) is 0.135. The van der Waals surface area contributed by atoms with Gasteiger partial charge in [-0.25, -0.2) is 4.79 Å². The smallest absolute Gasteiger partial charge is 0.336 e. The number of H-pyrrole nitrogens is 1. The fourth-order valence-corrected chi connectivity index (χ4v) is 5.74. The summed E-state index contributed by atoms with van der Waals surface area (Å²) in [7, 11) is 0. The Hall–Kier alpha value is -6.39. The first-order chi connectivity index (χ1) is 22.8. The highest BCUT2D eigenvalue weighted by molar-refractivity contribution is 6.18. The first kappa shape index (κ1) is 30.6. The van der Waals surface area contributed by atoms with Gasteiger partial charge in [0.1, 0.15) is 6.04 Å². The number of hydrogen-bond acceptors (Lipinski definition) is 6. The number of nitrogens with one attached hydrogen (secondary N) is 1. The molecular formula is C37H28N4O6. The lowest BCUT2D eigenvalue weighted by atomic mass is 10.1. The van der Waals surface area contributed by atoms with Crippen molar-refractivity contribution in [2.45, 2.75) is 12.5 Å². The standard InChI is InChI=1S/C18H10N2O.C11H12N2O2.C8H6O3/c21-18-14-7-2-1-6-12(14)16-17-13(9-10-19-16)11-5-3-4-8-15(11)20(17)18;12-9(11(14)15)5-7-6-13-10-4-2-1-3-8(7)10;9-5-6-3-1-2-4-7(6)8(10)11/h1-10H;1-4,6,9,13H,5,12H2,(H,14,15);1-5H,(H,10,11)/t;9-;/m.0./s1. The molecule has 0 unspecified atom stereocenters. The fraction of sp³-hybridized carbons (Fsp3) is 0.0541. The predicted octanol–water partition coefficient (Wildman–Crippen LogP) is 5.91. The van der Waals surface area contributed by atoms with Gasteiger partial charge in [-0.15, -0.1) is 0 Å². The number of pyridine rings is 2. The first-order valence-electron chi connectivity index (χ1n) is 14.6. The molecule has 4 heterocycles. The molecule has 10 nitrogen and oxygen atoms in total. The number of aldehydes is 1. The molecule has 8 rings (SSSR count). The number of para-hydroxylation sites is 2. The summed E-state index contributed by atoms with van der Waals surface area (Å²) in [6.07, 6.45) is 4.51. The molecule has 0 aliphatic rings. The number of hydrogen-bond donors (Lipinski definition) is 4. The van der Waals surface area contributed by atoms with Gasteiger partial charge in [-0.05, 0) is 35.9 Å². The highest BCUT2D eigenvalue weighted by Gasteiger charge is 2.17. The third-order valence-electron chi connectivity index (χ3n) is 7.95. The van der Waals surface area contributed by atoms with Crippen molar-refractivity contribution in [1.29, 1.82) is 0 Å². The third-order valence-corrected chi connectivity index (χ3v) is 7.95. The van der Waals surface area contributed by atoms with Gasteiger partial charge in [0.25, 0.3) is 5.56 Å². The van der Waals surface area contributed by atoms with Gasteiger partial charge < -0.3 is 20.9 Å². The van der Waals surface area contributed by atoms with Crippen LogP contribution in [0.25, 0.3) is 49.0 Å². The van der Waals surface area contributed by atoms with E-state index in [1.165, 1.54) is 12.1 Å². The van der Waals surface area contributed by atoms with Gasteiger partial charge in [0.15, 0.2) is 6.29 Å². The number of fused-ring (bicyclic) bond motifs is 6. The number of carbonyl (C=O) groups is 3. The minimum absolute atomic E-state index is 0.0253. The molecule has 47 heavy (non-hydrogen) atoms. The molecule has 10 heteroatoms. The maximum absolute atomic E-state index is 12.9. The van der Waals surface area contributed by atoms with Gasteiger partial charge >= 0.3 is 11.9 Å². The topological polar surface area (TPSA) is 168 Å². The van der Waals surface area contributed by atoms with Gasteiger partial charge in [0.05, 0.1) is 22.1 Å². The molecule has 0 saturated heterocycles. The molecule has 4 aromatic heterocycles. The molecule has 0 aliphatic heterocycles. The van der Waals surface area contributed by atoms with Gasteiger partial charge in [-0.1, -0.05) is 72.8 Å². The molecule has 232 valence electrons. The van der Waals surface area contributed by atoms with Crippen LogP contribution in [-0.4, -0.2) is 48.8 Å². The average molecular weight is 625 g/mol. The van der Waals surface area contributed by atoms with Gasteiger partial charge in [0, 0.05) is 56.8 Å². The zero-order valence-corrected chi connectivity index (χ0v) is 24.8. The summed E-state index contributed by atoms with van der Waals surface area (Å²) in [4.78, 5) is 51.8. The molecule has 5 N–H and O–H groups in total. The molecule has 1 atom stereocenters. The van der Waals surface area contributed by atoms with Crippen molar-refractivity contribution in [1.82, 2.24) is 14.4 Å². The minimum Gasteiger partial charge on any atom is -0.480 e. The van der Waals surface area contributed by atoms with Crippen LogP contribution < -0.4 is 11.3 Å². The van der Waals surface area contributed by atoms with Crippen molar-refractivity contribution in [3.63, 3.8) is 0 Å². The SMILES string of the molecule is N[C@@H](Cc1c[nH]c2ccccc12)C(=O)O.O=Cc1ccccc1C(=O)O.O=c1c2ccccc2c2nccc3c4ccccc4n1c32. The molecule has 0 saturated carbocycles. The Kier molecular flexibility index (Phi) is 8.42. The molecular weight excluding hydrogens is 596 g/mol. The lowest BCUT2D eigenvalue weighted by Crippen LogP contribution is -2.32. The van der Waals surface area contributed by atoms with Crippen LogP contribution in [0.2, 0.25) is 0 Å². The van der Waals surface area contributed by atoms with E-state index < -0.39 is 18.0 Å². The summed E-state index contributed by atoms with van der Waals surface area (Å²) in [6.45, 7) is 0. The van der Waals surface area contributed by atoms with Crippen LogP contribution in [0.5, 0.6) is 0 Å². The number of aliphatic carboxylic acids is 1. The van der Waals surface area contributed by atoms with Crippen molar-refractivity contribution in [3.05, 3.63) is 143 Å². The van der Waals surface area contributed by atoms with Gasteiger partial charge in [-0.2, -0.15) is 0 Å². The number of benzene rings is 4. The average Bonchev–Trinajstić information content (AvgIpc) is 3.67. The van der Waals surface area contributed by atoms with Crippen LogP contribution in [0.4, 0.5) is 0 Å². The molecule has 0 radical (unpaired) electrons. The number of nitrogens with zero attached hydrogens (tertiary/aromatic N) is 2. The predicted molar refractivity (Wildman–Crippen MR) is 182 cm³/mol. The monoisotopic (exact) mass is 624 g/mol. The van der Waals surface area contributed by atoms with E-state index in [4.69, 9.17) is 15.9 Å². The maximum Gasteiger partial charge on any atom is 0.336 e. The summed E-state index contributed by atoms with van der Waals surface area (Å²) >= 11 is 0. The second-order valence-electron chi connectivity index (χ2n) is 10.8. The third kappa shape index (κ3) is 5.76. The van der Waals surface area contributed by atoms with E-state index in [0.29, 0.717) is 18.1 Å². The van der Waals surface area contributed by atoms with Gasteiger partial charge in [0.2, 0.25) is 0 Å². The molecule has 8 aromatic rings. The summed E-state index contributed by atoms with van der Waals surface area (Å²) in [5.41, 5.74) is 10.5. The van der Waals surface area contributed by atoms with Crippen molar-refractivity contribution in [3.8, 4) is 0 Å². The zero-order chi connectivity index (χ0) is 33.1. The molecule has 4 aromatic carbocycles. The lowest BCUT2D eigenvalue weighted by Gasteiger charge is -2.04. The fourth-order valence-electron chi connectivity index (χ4n) is 5.74. The van der Waals surface area contributed by atoms with Crippen LogP contribution in [0.1, 0.15) is 26.3 Å². The van der Waals surface area contributed by atoms with E-state index in [1.54, 1.807) is 16.5 Å². The number of carbonyl (C=O) groups excluding carboxylic acids is 1. The number of aromatic amines is 1. The summed E-state index contributed by atoms with van der Waals surface area (Å²) in [5, 5.41) is 22.1. The Bertz CT molecular complexity index is 2480. The zero-order valence-electron chi connectivity index (χ0n) is 24.8. The Morgan fingerprint density at radius 2 is 1.45 bits per heavy atom. The molecule has 0 amide bonds. The number of carboxylic acid groups (broad SMARTS) is 2. The van der Waals surface area contributed by atoms with Gasteiger partial charge in [-0.3, -0.25) is 23.8 Å². The second kappa shape index (κ2) is 12.9. The van der Waals surface area contributed by atoms with Crippen molar-refractivity contribution < 1.29 is 24.6 Å². The molecule has 0 aliphatic carbocycles. The van der Waals surface area contributed by atoms with E-state index in [-0.39, 0.29) is 16.7 Å². The van der Waals surface area contributed by atoms with Crippen molar-refractivity contribution in [2.75, 3.05) is 0 Å². The normalized spacial score (nSPS) is 11.6. The Morgan fingerprint density at radius 3 is 2.15 bits per heavy atom. The van der Waals surface area contributed by atoms with E-state index in [2.05, 4.69) is 16.0 Å².